The lowest BCUT2D eigenvalue weighted by atomic mass is 10.1. The smallest absolute Gasteiger partial charge is 0.255 e. The molecule has 2 aliphatic rings. The lowest BCUT2D eigenvalue weighted by Crippen LogP contribution is -2.44. The van der Waals surface area contributed by atoms with Crippen LogP contribution in [0.25, 0.3) is 22.3 Å². The summed E-state index contributed by atoms with van der Waals surface area (Å²) in [6.07, 6.45) is 1.58. The molecule has 5 heterocycles. The number of aromatic nitrogens is 8. The van der Waals surface area contributed by atoms with Gasteiger partial charge in [0.1, 0.15) is 17.8 Å². The zero-order valence-electron chi connectivity index (χ0n) is 20.3. The molecule has 0 unspecified atom stereocenters. The van der Waals surface area contributed by atoms with Gasteiger partial charge in [0.2, 0.25) is 5.95 Å². The van der Waals surface area contributed by atoms with E-state index in [4.69, 9.17) is 0 Å². The molecular formula is C23H26N12O. The van der Waals surface area contributed by atoms with Gasteiger partial charge in [-0.1, -0.05) is 5.10 Å². The molecule has 1 amide bonds. The van der Waals surface area contributed by atoms with E-state index in [0.29, 0.717) is 29.4 Å². The molecule has 36 heavy (non-hydrogen) atoms. The van der Waals surface area contributed by atoms with Gasteiger partial charge in [0.15, 0.2) is 0 Å². The molecule has 184 valence electrons. The second kappa shape index (κ2) is 8.68. The molecular weight excluding hydrogens is 460 g/mol. The van der Waals surface area contributed by atoms with Crippen LogP contribution in [0.15, 0.2) is 41.9 Å². The molecule has 0 atom stereocenters. The fraction of sp³-hybridized carbons (Fsp3) is 0.348. The molecule has 2 N–H and O–H groups in total. The first-order valence-electron chi connectivity index (χ1n) is 11.7. The Morgan fingerprint density at radius 3 is 2.75 bits per heavy atom. The van der Waals surface area contributed by atoms with Crippen molar-refractivity contribution in [1.29, 1.82) is 0 Å². The Morgan fingerprint density at radius 1 is 1.08 bits per heavy atom. The molecule has 13 heteroatoms. The number of hydrogen-bond acceptors (Lipinski definition) is 10. The molecule has 0 saturated carbocycles. The summed E-state index contributed by atoms with van der Waals surface area (Å²) in [6.45, 7) is 6.02. The Labute approximate surface area is 206 Å². The molecule has 0 aliphatic carbocycles. The third-order valence-electron chi connectivity index (χ3n) is 6.88. The zero-order chi connectivity index (χ0) is 24.8. The van der Waals surface area contributed by atoms with Crippen LogP contribution in [0.5, 0.6) is 0 Å². The summed E-state index contributed by atoms with van der Waals surface area (Å²) >= 11 is 0. The Kier molecular flexibility index (Phi) is 5.33. The number of anilines is 3. The Bertz CT molecular complexity index is 1480. The quantitative estimate of drug-likeness (QED) is 0.432. The number of amides is 1. The predicted octanol–water partition coefficient (Wildman–Crippen LogP) is 1.12. The second-order valence-corrected chi connectivity index (χ2v) is 9.10. The fourth-order valence-corrected chi connectivity index (χ4v) is 4.57. The van der Waals surface area contributed by atoms with Crippen molar-refractivity contribution in [1.82, 2.24) is 45.3 Å². The van der Waals surface area contributed by atoms with Crippen LogP contribution in [0.1, 0.15) is 6.92 Å². The van der Waals surface area contributed by atoms with Crippen molar-refractivity contribution in [2.24, 2.45) is 0 Å². The largest absolute Gasteiger partial charge is 0.354 e. The highest BCUT2D eigenvalue weighted by Gasteiger charge is 2.27. The zero-order valence-corrected chi connectivity index (χ0v) is 20.3. The number of allylic oxidation sites excluding steroid dienone is 1. The molecule has 3 aromatic heterocycles. The molecule has 13 nitrogen and oxygen atoms in total. The number of fused-ring (bicyclic) bond motifs is 2. The normalized spacial score (nSPS) is 16.5. The molecule has 0 spiro atoms. The van der Waals surface area contributed by atoms with E-state index in [9.17, 15) is 4.79 Å². The number of tetrazole rings is 1. The minimum absolute atomic E-state index is 0.204. The third kappa shape index (κ3) is 3.82. The molecule has 6 rings (SSSR count). The standard InChI is InChI=1S/C23H26N12O/c1-14-17(12-35-23(33(14)3)29-30-31-35)22(36)26-15-4-5-18-16(10-15)21(28-27-18)19-11-20(25-13-24-19)34-8-6-32(2)7-9-34/h4-5,10-11,13H,6-9,12H2,1-3H3,(H,26,36)(H,27,28). The van der Waals surface area contributed by atoms with Crippen molar-refractivity contribution in [2.75, 3.05) is 55.4 Å². The maximum atomic E-state index is 13.2. The lowest BCUT2D eigenvalue weighted by Gasteiger charge is -2.33. The van der Waals surface area contributed by atoms with Crippen molar-refractivity contribution >= 4 is 34.3 Å². The number of carbonyl (C=O) groups is 1. The molecule has 1 aromatic carbocycles. The van der Waals surface area contributed by atoms with Gasteiger partial charge >= 0.3 is 0 Å². The Morgan fingerprint density at radius 2 is 1.92 bits per heavy atom. The summed E-state index contributed by atoms with van der Waals surface area (Å²) in [6, 6.07) is 7.64. The number of likely N-dealkylation sites (N-methyl/N-ethyl adjacent to an activating group) is 1. The summed E-state index contributed by atoms with van der Waals surface area (Å²) < 4.78 is 1.60. The summed E-state index contributed by atoms with van der Waals surface area (Å²) in [5.74, 6) is 1.29. The van der Waals surface area contributed by atoms with Crippen LogP contribution in [0, 0.1) is 0 Å². The molecule has 1 saturated heterocycles. The van der Waals surface area contributed by atoms with E-state index >= 15 is 0 Å². The van der Waals surface area contributed by atoms with Crippen molar-refractivity contribution in [2.45, 2.75) is 13.5 Å². The summed E-state index contributed by atoms with van der Waals surface area (Å²) in [4.78, 5) is 28.5. The number of piperazine rings is 1. The van der Waals surface area contributed by atoms with Gasteiger partial charge in [-0.05, 0) is 42.6 Å². The van der Waals surface area contributed by atoms with E-state index in [1.165, 1.54) is 0 Å². The van der Waals surface area contributed by atoms with E-state index in [-0.39, 0.29) is 5.91 Å². The van der Waals surface area contributed by atoms with Gasteiger partial charge in [-0.2, -0.15) is 5.10 Å². The number of aromatic amines is 1. The number of hydrogen-bond donors (Lipinski definition) is 2. The highest BCUT2D eigenvalue weighted by Crippen LogP contribution is 2.30. The second-order valence-electron chi connectivity index (χ2n) is 9.10. The number of carbonyl (C=O) groups excluding carboxylic acids is 1. The van der Waals surface area contributed by atoms with Crippen LogP contribution in [0.3, 0.4) is 0 Å². The van der Waals surface area contributed by atoms with Gasteiger partial charge in [-0.3, -0.25) is 9.89 Å². The minimum Gasteiger partial charge on any atom is -0.354 e. The SMILES string of the molecule is CC1=C(C(=O)Nc2ccc3[nH]nc(-c4cc(N5CCN(C)CC5)ncn4)c3c2)Cn2nnnc2N1C. The first kappa shape index (κ1) is 22.1. The van der Waals surface area contributed by atoms with Crippen LogP contribution >= 0.6 is 0 Å². The number of rotatable bonds is 4. The van der Waals surface area contributed by atoms with E-state index in [2.05, 4.69) is 57.9 Å². The number of nitrogens with one attached hydrogen (secondary N) is 2. The molecule has 0 bridgehead atoms. The highest BCUT2D eigenvalue weighted by molar-refractivity contribution is 6.06. The van der Waals surface area contributed by atoms with Gasteiger partial charge in [-0.15, -0.1) is 0 Å². The van der Waals surface area contributed by atoms with Gasteiger partial charge in [0, 0.05) is 56.1 Å². The average molecular weight is 487 g/mol. The summed E-state index contributed by atoms with van der Waals surface area (Å²) in [7, 11) is 3.97. The topological polar surface area (TPSA) is 137 Å². The van der Waals surface area contributed by atoms with E-state index in [1.54, 1.807) is 11.0 Å². The van der Waals surface area contributed by atoms with Crippen molar-refractivity contribution in [3.05, 3.63) is 41.9 Å². The van der Waals surface area contributed by atoms with E-state index in [1.807, 2.05) is 43.1 Å². The summed E-state index contributed by atoms with van der Waals surface area (Å²) in [5.41, 5.74) is 4.36. The summed E-state index contributed by atoms with van der Waals surface area (Å²) in [5, 5.41) is 23.2. The number of H-pyrrole nitrogens is 1. The maximum Gasteiger partial charge on any atom is 0.255 e. The average Bonchev–Trinajstić information content (AvgIpc) is 3.54. The van der Waals surface area contributed by atoms with Crippen LogP contribution in [0.2, 0.25) is 0 Å². The maximum absolute atomic E-state index is 13.2. The van der Waals surface area contributed by atoms with Crippen LogP contribution in [0.4, 0.5) is 17.5 Å². The third-order valence-corrected chi connectivity index (χ3v) is 6.88. The number of nitrogens with zero attached hydrogens (tertiary/aromatic N) is 10. The molecule has 0 radical (unpaired) electrons. The van der Waals surface area contributed by atoms with Crippen LogP contribution in [-0.2, 0) is 11.3 Å². The van der Waals surface area contributed by atoms with Crippen LogP contribution in [-0.4, -0.2) is 91.5 Å². The van der Waals surface area contributed by atoms with Crippen molar-refractivity contribution in [3.63, 3.8) is 0 Å². The molecule has 4 aromatic rings. The highest BCUT2D eigenvalue weighted by atomic mass is 16.1. The van der Waals surface area contributed by atoms with Gasteiger partial charge in [0.05, 0.1) is 23.3 Å². The Hall–Kier alpha value is -4.39. The van der Waals surface area contributed by atoms with Crippen molar-refractivity contribution in [3.8, 4) is 11.4 Å². The Balaban J connectivity index is 1.27. The molecule has 2 aliphatic heterocycles. The van der Waals surface area contributed by atoms with Gasteiger partial charge < -0.3 is 20.0 Å². The minimum atomic E-state index is -0.204. The lowest BCUT2D eigenvalue weighted by molar-refractivity contribution is -0.113. The van der Waals surface area contributed by atoms with Crippen molar-refractivity contribution < 1.29 is 4.79 Å². The monoisotopic (exact) mass is 486 g/mol. The predicted molar refractivity (Wildman–Crippen MR) is 134 cm³/mol. The molecule has 1 fully saturated rings. The first-order chi connectivity index (χ1) is 17.5. The van der Waals surface area contributed by atoms with E-state index < -0.39 is 0 Å². The first-order valence-corrected chi connectivity index (χ1v) is 11.7. The van der Waals surface area contributed by atoms with Gasteiger partial charge in [-0.25, -0.2) is 14.6 Å². The fourth-order valence-electron chi connectivity index (χ4n) is 4.57. The number of benzene rings is 1. The van der Waals surface area contributed by atoms with E-state index in [0.717, 1.165) is 54.3 Å². The van der Waals surface area contributed by atoms with Gasteiger partial charge in [0.25, 0.3) is 5.91 Å². The van der Waals surface area contributed by atoms with Crippen LogP contribution < -0.4 is 15.1 Å².